The second-order valence-electron chi connectivity index (χ2n) is 1.33. The Morgan fingerprint density at radius 2 is 2.33 bits per heavy atom. The quantitative estimate of drug-likeness (QED) is 0.623. The third-order valence-corrected chi connectivity index (χ3v) is 2.79. The van der Waals surface area contributed by atoms with E-state index in [1.807, 2.05) is 0 Å². The van der Waals surface area contributed by atoms with Crippen molar-refractivity contribution < 1.29 is 14.6 Å². The monoisotopic (exact) mass is 260 g/mol. The Kier molecular flexibility index (Phi) is 5.18. The van der Waals surface area contributed by atoms with Gasteiger partial charge in [0.15, 0.2) is 0 Å². The summed E-state index contributed by atoms with van der Waals surface area (Å²) in [7, 11) is 0. The molecule has 0 spiro atoms. The number of ether oxygens (including phenoxy) is 1. The van der Waals surface area contributed by atoms with E-state index in [0.717, 1.165) is 0 Å². The van der Waals surface area contributed by atoms with E-state index in [0.29, 0.717) is 5.33 Å². The lowest BCUT2D eigenvalue weighted by atomic mass is 10.5. The van der Waals surface area contributed by atoms with Crippen LogP contribution in [0.4, 0.5) is 4.79 Å². The first-order valence-electron chi connectivity index (χ1n) is 2.22. The molecule has 0 aromatic carbocycles. The van der Waals surface area contributed by atoms with Crippen LogP contribution >= 0.6 is 31.9 Å². The van der Waals surface area contributed by atoms with Crippen molar-refractivity contribution in [2.75, 3.05) is 11.9 Å². The minimum absolute atomic E-state index is 0.0635. The molecule has 0 saturated heterocycles. The van der Waals surface area contributed by atoms with Gasteiger partial charge in [-0.3, -0.25) is 0 Å². The fourth-order valence-electron chi connectivity index (χ4n) is 0.206. The van der Waals surface area contributed by atoms with Crippen LogP contribution in [0.2, 0.25) is 0 Å². The summed E-state index contributed by atoms with van der Waals surface area (Å²) in [5, 5.41) is 8.68. The van der Waals surface area contributed by atoms with Crippen molar-refractivity contribution in [3.05, 3.63) is 0 Å². The van der Waals surface area contributed by atoms with Gasteiger partial charge in [-0.15, -0.1) is 0 Å². The number of hydrogen-bond donors (Lipinski definition) is 1. The van der Waals surface area contributed by atoms with Gasteiger partial charge in [0.2, 0.25) is 0 Å². The molecule has 0 rings (SSSR count). The van der Waals surface area contributed by atoms with Gasteiger partial charge >= 0.3 is 6.16 Å². The SMILES string of the molecule is O=C(O)OCC(Br)CBr. The lowest BCUT2D eigenvalue weighted by Gasteiger charge is -2.02. The Morgan fingerprint density at radius 1 is 1.78 bits per heavy atom. The number of rotatable bonds is 3. The molecule has 0 aliphatic heterocycles. The molecule has 0 saturated carbocycles. The van der Waals surface area contributed by atoms with Crippen LogP contribution in [0.1, 0.15) is 0 Å². The topological polar surface area (TPSA) is 46.5 Å². The molecule has 0 amide bonds. The average Bonchev–Trinajstić information content (AvgIpc) is 1.83. The smallest absolute Gasteiger partial charge is 0.450 e. The molecule has 1 atom stereocenters. The highest BCUT2D eigenvalue weighted by Gasteiger charge is 2.03. The maximum atomic E-state index is 9.76. The van der Waals surface area contributed by atoms with Gasteiger partial charge in [-0.1, -0.05) is 31.9 Å². The Balaban J connectivity index is 3.16. The molecule has 0 radical (unpaired) electrons. The van der Waals surface area contributed by atoms with Crippen LogP contribution < -0.4 is 0 Å². The molecule has 0 fully saturated rings. The summed E-state index contributed by atoms with van der Waals surface area (Å²) in [6, 6.07) is 0. The number of carboxylic acid groups (broad SMARTS) is 1. The zero-order valence-electron chi connectivity index (χ0n) is 4.51. The van der Waals surface area contributed by atoms with Crippen molar-refractivity contribution in [3.63, 3.8) is 0 Å². The summed E-state index contributed by atoms with van der Waals surface area (Å²) < 4.78 is 4.23. The van der Waals surface area contributed by atoms with Gasteiger partial charge in [0.1, 0.15) is 6.61 Å². The highest BCUT2D eigenvalue weighted by atomic mass is 79.9. The van der Waals surface area contributed by atoms with Crippen molar-refractivity contribution in [2.45, 2.75) is 4.83 Å². The van der Waals surface area contributed by atoms with Gasteiger partial charge < -0.3 is 9.84 Å². The molecule has 0 bridgehead atoms. The fourth-order valence-corrected chi connectivity index (χ4v) is 0.525. The van der Waals surface area contributed by atoms with Crippen LogP contribution in [0.15, 0.2) is 0 Å². The lowest BCUT2D eigenvalue weighted by Crippen LogP contribution is -2.12. The second kappa shape index (κ2) is 5.05. The highest BCUT2D eigenvalue weighted by Crippen LogP contribution is 2.03. The van der Waals surface area contributed by atoms with E-state index in [1.165, 1.54) is 0 Å². The number of alkyl halides is 2. The number of carbonyl (C=O) groups is 1. The molecular weight excluding hydrogens is 256 g/mol. The van der Waals surface area contributed by atoms with Gasteiger partial charge in [-0.2, -0.15) is 0 Å². The Hall–Kier alpha value is 0.230. The highest BCUT2D eigenvalue weighted by molar-refractivity contribution is 9.12. The third-order valence-electron chi connectivity index (χ3n) is 0.555. The van der Waals surface area contributed by atoms with Crippen molar-refractivity contribution in [1.29, 1.82) is 0 Å². The molecule has 9 heavy (non-hydrogen) atoms. The summed E-state index contributed by atoms with van der Waals surface area (Å²) >= 11 is 6.32. The summed E-state index contributed by atoms with van der Waals surface area (Å²) in [4.78, 5) is 9.82. The van der Waals surface area contributed by atoms with Crippen LogP contribution in [0, 0.1) is 0 Å². The molecule has 5 heteroatoms. The van der Waals surface area contributed by atoms with Gasteiger partial charge in [0, 0.05) is 5.33 Å². The number of halogens is 2. The molecular formula is C4H6Br2O3. The summed E-state index contributed by atoms with van der Waals surface area (Å²) in [5.41, 5.74) is 0. The van der Waals surface area contributed by atoms with Gasteiger partial charge in [-0.25, -0.2) is 4.79 Å². The normalized spacial score (nSPS) is 12.7. The Labute approximate surface area is 69.6 Å². The minimum atomic E-state index is -1.24. The fraction of sp³-hybridized carbons (Fsp3) is 0.750. The number of hydrogen-bond acceptors (Lipinski definition) is 2. The molecule has 0 heterocycles. The third kappa shape index (κ3) is 6.11. The second-order valence-corrected chi connectivity index (χ2v) is 3.27. The molecule has 0 aromatic rings. The van der Waals surface area contributed by atoms with Crippen LogP contribution in [0.25, 0.3) is 0 Å². The van der Waals surface area contributed by atoms with Gasteiger partial charge in [0.05, 0.1) is 4.83 Å². The van der Waals surface area contributed by atoms with Gasteiger partial charge in [0.25, 0.3) is 0 Å². The zero-order valence-corrected chi connectivity index (χ0v) is 7.68. The minimum Gasteiger partial charge on any atom is -0.450 e. The largest absolute Gasteiger partial charge is 0.505 e. The summed E-state index contributed by atoms with van der Waals surface area (Å²) in [5.74, 6) is 0. The van der Waals surface area contributed by atoms with E-state index < -0.39 is 6.16 Å². The van der Waals surface area contributed by atoms with E-state index in [9.17, 15) is 4.79 Å². The maximum absolute atomic E-state index is 9.76. The van der Waals surface area contributed by atoms with E-state index >= 15 is 0 Å². The average molecular weight is 262 g/mol. The Morgan fingerprint density at radius 3 is 2.67 bits per heavy atom. The summed E-state index contributed by atoms with van der Waals surface area (Å²) in [6.45, 7) is 0.181. The van der Waals surface area contributed by atoms with Crippen molar-refractivity contribution in [1.82, 2.24) is 0 Å². The maximum Gasteiger partial charge on any atom is 0.505 e. The first-order valence-corrected chi connectivity index (χ1v) is 4.26. The molecule has 1 N–H and O–H groups in total. The lowest BCUT2D eigenvalue weighted by molar-refractivity contribution is 0.0936. The van der Waals surface area contributed by atoms with Crippen LogP contribution in [-0.4, -0.2) is 28.0 Å². The van der Waals surface area contributed by atoms with E-state index in [1.54, 1.807) is 0 Å². The van der Waals surface area contributed by atoms with Crippen molar-refractivity contribution >= 4 is 38.0 Å². The molecule has 1 unspecified atom stereocenters. The predicted molar refractivity (Wildman–Crippen MR) is 40.5 cm³/mol. The van der Waals surface area contributed by atoms with Crippen LogP contribution in [0.5, 0.6) is 0 Å². The first-order chi connectivity index (χ1) is 4.16. The standard InChI is InChI=1S/C4H6Br2O3/c5-1-3(6)2-9-4(7)8/h3H,1-2H2,(H,7,8). The molecule has 54 valence electrons. The molecule has 3 nitrogen and oxygen atoms in total. The summed E-state index contributed by atoms with van der Waals surface area (Å²) in [6.07, 6.45) is -1.24. The Bertz CT molecular complexity index is 95.8. The zero-order chi connectivity index (χ0) is 7.28. The van der Waals surface area contributed by atoms with E-state index in [-0.39, 0.29) is 11.4 Å². The van der Waals surface area contributed by atoms with E-state index in [2.05, 4.69) is 36.6 Å². The molecule has 0 aliphatic rings. The van der Waals surface area contributed by atoms with E-state index in [4.69, 9.17) is 5.11 Å². The molecule has 0 aliphatic carbocycles. The van der Waals surface area contributed by atoms with Gasteiger partial charge in [-0.05, 0) is 0 Å². The van der Waals surface area contributed by atoms with Crippen molar-refractivity contribution in [3.8, 4) is 0 Å². The van der Waals surface area contributed by atoms with Crippen molar-refractivity contribution in [2.24, 2.45) is 0 Å². The predicted octanol–water partition coefficient (Wildman–Crippen LogP) is 1.84. The first kappa shape index (κ1) is 9.23. The van der Waals surface area contributed by atoms with Crippen LogP contribution in [0.3, 0.4) is 0 Å². The molecule has 0 aromatic heterocycles. The van der Waals surface area contributed by atoms with Crippen LogP contribution in [-0.2, 0) is 4.74 Å².